The van der Waals surface area contributed by atoms with E-state index in [4.69, 9.17) is 23.2 Å². The Hall–Kier alpha value is -2.24. The molecule has 3 N–H and O–H groups in total. The molecule has 0 bridgehead atoms. The smallest absolute Gasteiger partial charge is 0.326 e. The number of aliphatic carboxylic acids is 1. The molecule has 130 valence electrons. The SMILES string of the molecule is O=C(Cc1ccccc1)N[C@H]1C[C@H](C(=O)O)Nc2cc(Cl)cc(Cl)c21. The van der Waals surface area contributed by atoms with Crippen molar-refractivity contribution < 1.29 is 14.7 Å². The van der Waals surface area contributed by atoms with Crippen molar-refractivity contribution in [1.82, 2.24) is 5.32 Å². The van der Waals surface area contributed by atoms with E-state index in [1.165, 1.54) is 0 Å². The third-order valence-electron chi connectivity index (χ3n) is 4.08. The Balaban J connectivity index is 1.85. The van der Waals surface area contributed by atoms with Gasteiger partial charge in [0.15, 0.2) is 0 Å². The third kappa shape index (κ3) is 4.06. The number of halogens is 2. The largest absolute Gasteiger partial charge is 0.480 e. The Bertz CT molecular complexity index is 811. The molecule has 3 rings (SSSR count). The molecule has 2 aromatic carbocycles. The molecule has 1 heterocycles. The molecule has 7 heteroatoms. The summed E-state index contributed by atoms with van der Waals surface area (Å²) in [6.07, 6.45) is 0.410. The van der Waals surface area contributed by atoms with Crippen LogP contribution in [0.3, 0.4) is 0 Å². The maximum Gasteiger partial charge on any atom is 0.326 e. The first-order valence-corrected chi connectivity index (χ1v) is 8.51. The molecule has 2 atom stereocenters. The van der Waals surface area contributed by atoms with Crippen LogP contribution >= 0.6 is 23.2 Å². The van der Waals surface area contributed by atoms with Gasteiger partial charge in [0, 0.05) is 27.7 Å². The Morgan fingerprint density at radius 1 is 1.20 bits per heavy atom. The highest BCUT2D eigenvalue weighted by molar-refractivity contribution is 6.35. The van der Waals surface area contributed by atoms with E-state index < -0.39 is 18.1 Å². The van der Waals surface area contributed by atoms with E-state index >= 15 is 0 Å². The molecule has 0 fully saturated rings. The number of fused-ring (bicyclic) bond motifs is 1. The highest BCUT2D eigenvalue weighted by Gasteiger charge is 2.33. The number of carbonyl (C=O) groups is 2. The second-order valence-corrected chi connectivity index (χ2v) is 6.75. The quantitative estimate of drug-likeness (QED) is 0.758. The van der Waals surface area contributed by atoms with Gasteiger partial charge in [-0.15, -0.1) is 0 Å². The minimum absolute atomic E-state index is 0.195. The summed E-state index contributed by atoms with van der Waals surface area (Å²) < 4.78 is 0. The zero-order valence-electron chi connectivity index (χ0n) is 13.1. The van der Waals surface area contributed by atoms with Crippen molar-refractivity contribution >= 4 is 40.8 Å². The fourth-order valence-corrected chi connectivity index (χ4v) is 3.60. The van der Waals surface area contributed by atoms with E-state index in [0.717, 1.165) is 5.56 Å². The molecular weight excluding hydrogens is 363 g/mol. The van der Waals surface area contributed by atoms with Crippen LogP contribution in [0.2, 0.25) is 10.0 Å². The van der Waals surface area contributed by atoms with Crippen LogP contribution in [0.25, 0.3) is 0 Å². The van der Waals surface area contributed by atoms with Crippen LogP contribution in [0.4, 0.5) is 5.69 Å². The lowest BCUT2D eigenvalue weighted by Crippen LogP contribution is -2.41. The first kappa shape index (κ1) is 17.6. The second kappa shape index (κ2) is 7.33. The number of hydrogen-bond donors (Lipinski definition) is 3. The van der Waals surface area contributed by atoms with Crippen molar-refractivity contribution in [2.45, 2.75) is 24.9 Å². The molecule has 0 spiro atoms. The molecule has 25 heavy (non-hydrogen) atoms. The number of carbonyl (C=O) groups excluding carboxylic acids is 1. The first-order chi connectivity index (χ1) is 11.9. The monoisotopic (exact) mass is 378 g/mol. The standard InChI is InChI=1S/C18H16Cl2N2O3/c19-11-7-12(20)17-13(8-11)21-15(18(24)25)9-14(17)22-16(23)6-10-4-2-1-3-5-10/h1-5,7-8,14-15,21H,6,9H2,(H,22,23)(H,24,25)/t14-,15+/m0/s1. The molecule has 1 amide bonds. The van der Waals surface area contributed by atoms with Crippen LogP contribution in [-0.4, -0.2) is 23.0 Å². The van der Waals surface area contributed by atoms with Crippen LogP contribution in [0.15, 0.2) is 42.5 Å². The van der Waals surface area contributed by atoms with E-state index in [2.05, 4.69) is 10.6 Å². The fourth-order valence-electron chi connectivity index (χ4n) is 2.98. The summed E-state index contributed by atoms with van der Waals surface area (Å²) in [7, 11) is 0. The van der Waals surface area contributed by atoms with Crippen LogP contribution in [0.5, 0.6) is 0 Å². The van der Waals surface area contributed by atoms with Gasteiger partial charge in [0.1, 0.15) is 6.04 Å². The van der Waals surface area contributed by atoms with E-state index in [1.54, 1.807) is 12.1 Å². The first-order valence-electron chi connectivity index (χ1n) is 7.75. The number of rotatable bonds is 4. The summed E-state index contributed by atoms with van der Waals surface area (Å²) in [5.74, 6) is -1.19. The minimum Gasteiger partial charge on any atom is -0.480 e. The van der Waals surface area contributed by atoms with Gasteiger partial charge in [-0.05, 0) is 17.7 Å². The summed E-state index contributed by atoms with van der Waals surface area (Å²) in [4.78, 5) is 23.8. The Morgan fingerprint density at radius 3 is 2.60 bits per heavy atom. The average molecular weight is 379 g/mol. The number of nitrogens with one attached hydrogen (secondary N) is 2. The van der Waals surface area contributed by atoms with E-state index in [1.807, 2.05) is 30.3 Å². The highest BCUT2D eigenvalue weighted by Crippen LogP contribution is 2.39. The summed E-state index contributed by atoms with van der Waals surface area (Å²) in [5, 5.41) is 16.0. The van der Waals surface area contributed by atoms with Crippen molar-refractivity contribution in [1.29, 1.82) is 0 Å². The molecule has 0 aliphatic carbocycles. The molecule has 0 saturated carbocycles. The minimum atomic E-state index is -0.996. The van der Waals surface area contributed by atoms with Crippen molar-refractivity contribution in [3.63, 3.8) is 0 Å². The number of carboxylic acid groups (broad SMARTS) is 1. The number of anilines is 1. The molecule has 2 aromatic rings. The molecule has 0 unspecified atom stereocenters. The molecule has 0 radical (unpaired) electrons. The molecule has 1 aliphatic heterocycles. The van der Waals surface area contributed by atoms with Crippen LogP contribution < -0.4 is 10.6 Å². The topological polar surface area (TPSA) is 78.4 Å². The van der Waals surface area contributed by atoms with E-state index in [9.17, 15) is 14.7 Å². The lowest BCUT2D eigenvalue weighted by molar-refractivity contribution is -0.138. The van der Waals surface area contributed by atoms with Gasteiger partial charge in [0.25, 0.3) is 0 Å². The zero-order valence-corrected chi connectivity index (χ0v) is 14.6. The summed E-state index contributed by atoms with van der Waals surface area (Å²) >= 11 is 12.3. The number of benzene rings is 2. The van der Waals surface area contributed by atoms with Gasteiger partial charge in [0.2, 0.25) is 5.91 Å². The van der Waals surface area contributed by atoms with Crippen LogP contribution in [0, 0.1) is 0 Å². The Morgan fingerprint density at radius 2 is 1.92 bits per heavy atom. The number of carboxylic acids is 1. The number of amides is 1. The van der Waals surface area contributed by atoms with Crippen molar-refractivity contribution in [2.75, 3.05) is 5.32 Å². The normalized spacial score (nSPS) is 18.8. The second-order valence-electron chi connectivity index (χ2n) is 5.90. The van der Waals surface area contributed by atoms with E-state index in [-0.39, 0.29) is 18.7 Å². The zero-order chi connectivity index (χ0) is 18.0. The molecule has 1 aliphatic rings. The lowest BCUT2D eigenvalue weighted by atomic mass is 9.92. The summed E-state index contributed by atoms with van der Waals surface area (Å²) in [5.41, 5.74) is 2.07. The predicted octanol–water partition coefficient (Wildman–Crippen LogP) is 3.66. The van der Waals surface area contributed by atoms with Gasteiger partial charge in [-0.25, -0.2) is 4.79 Å². The van der Waals surface area contributed by atoms with Crippen LogP contribution in [0.1, 0.15) is 23.6 Å². The van der Waals surface area contributed by atoms with Gasteiger partial charge in [0.05, 0.1) is 12.5 Å². The average Bonchev–Trinajstić information content (AvgIpc) is 2.54. The Kier molecular flexibility index (Phi) is 5.16. The number of hydrogen-bond acceptors (Lipinski definition) is 3. The lowest BCUT2D eigenvalue weighted by Gasteiger charge is -2.32. The van der Waals surface area contributed by atoms with Crippen molar-refractivity contribution in [2.24, 2.45) is 0 Å². The maximum atomic E-state index is 12.4. The summed E-state index contributed by atoms with van der Waals surface area (Å²) in [6.45, 7) is 0. The van der Waals surface area contributed by atoms with Gasteiger partial charge in [-0.1, -0.05) is 53.5 Å². The van der Waals surface area contributed by atoms with Crippen LogP contribution in [-0.2, 0) is 16.0 Å². The van der Waals surface area contributed by atoms with Gasteiger partial charge in [-0.3, -0.25) is 4.79 Å². The third-order valence-corrected chi connectivity index (χ3v) is 4.62. The molecule has 0 aromatic heterocycles. The molecule has 0 saturated heterocycles. The fraction of sp³-hybridized carbons (Fsp3) is 0.222. The maximum absolute atomic E-state index is 12.4. The summed E-state index contributed by atoms with van der Waals surface area (Å²) in [6, 6.07) is 11.2. The van der Waals surface area contributed by atoms with Crippen molar-refractivity contribution in [3.8, 4) is 0 Å². The predicted molar refractivity (Wildman–Crippen MR) is 97.2 cm³/mol. The van der Waals surface area contributed by atoms with Gasteiger partial charge in [-0.2, -0.15) is 0 Å². The molecule has 5 nitrogen and oxygen atoms in total. The highest BCUT2D eigenvalue weighted by atomic mass is 35.5. The van der Waals surface area contributed by atoms with Crippen molar-refractivity contribution in [3.05, 3.63) is 63.6 Å². The van der Waals surface area contributed by atoms with E-state index in [0.29, 0.717) is 21.3 Å². The molecular formula is C18H16Cl2N2O3. The van der Waals surface area contributed by atoms with Gasteiger partial charge < -0.3 is 15.7 Å². The van der Waals surface area contributed by atoms with Gasteiger partial charge >= 0.3 is 5.97 Å². The Labute approximate surface area is 154 Å².